The molecule has 4 aliphatic rings. The Balaban J connectivity index is 1.28. The molecule has 6 nitrogen and oxygen atoms in total. The number of carbonyl (C=O) groups excluding carboxylic acids is 1. The van der Waals surface area contributed by atoms with E-state index in [9.17, 15) is 9.59 Å². The van der Waals surface area contributed by atoms with Crippen molar-refractivity contribution in [3.8, 4) is 0 Å². The smallest absolute Gasteiger partial charge is 0.320 e. The molecule has 6 heteroatoms. The second kappa shape index (κ2) is 9.02. The first-order valence-corrected chi connectivity index (χ1v) is 11.6. The van der Waals surface area contributed by atoms with E-state index in [1.807, 2.05) is 0 Å². The summed E-state index contributed by atoms with van der Waals surface area (Å²) < 4.78 is 0. The van der Waals surface area contributed by atoms with Crippen molar-refractivity contribution in [3.05, 3.63) is 0 Å². The van der Waals surface area contributed by atoms with Gasteiger partial charge in [0.1, 0.15) is 0 Å². The number of nitrogens with one attached hydrogen (secondary N) is 1. The maximum atomic E-state index is 13.2. The highest BCUT2D eigenvalue weighted by molar-refractivity contribution is 5.77. The summed E-state index contributed by atoms with van der Waals surface area (Å²) in [6, 6.07) is 1.10. The lowest BCUT2D eigenvalue weighted by Gasteiger charge is -2.40. The van der Waals surface area contributed by atoms with Crippen LogP contribution in [0.25, 0.3) is 0 Å². The van der Waals surface area contributed by atoms with E-state index in [4.69, 9.17) is 5.11 Å². The van der Waals surface area contributed by atoms with E-state index in [2.05, 4.69) is 15.1 Å². The van der Waals surface area contributed by atoms with Crippen molar-refractivity contribution in [2.75, 3.05) is 26.2 Å². The number of nitrogens with zero attached hydrogens (tertiary/aromatic N) is 2. The van der Waals surface area contributed by atoms with E-state index >= 15 is 0 Å². The maximum Gasteiger partial charge on any atom is 0.320 e. The monoisotopic (exact) mass is 391 g/mol. The number of urea groups is 1. The van der Waals surface area contributed by atoms with Crippen LogP contribution in [0.2, 0.25) is 0 Å². The first kappa shape index (κ1) is 20.0. The molecule has 2 saturated heterocycles. The Hall–Kier alpha value is -1.30. The fraction of sp³-hybridized carbons (Fsp3) is 0.909. The van der Waals surface area contributed by atoms with Crippen LogP contribution in [0, 0.1) is 17.8 Å². The lowest BCUT2D eigenvalue weighted by atomic mass is 9.74. The van der Waals surface area contributed by atoms with Crippen molar-refractivity contribution in [1.29, 1.82) is 0 Å². The summed E-state index contributed by atoms with van der Waals surface area (Å²) in [6.45, 7) is 4.09. The molecule has 0 aromatic heterocycles. The van der Waals surface area contributed by atoms with Gasteiger partial charge >= 0.3 is 12.0 Å². The highest BCUT2D eigenvalue weighted by Crippen LogP contribution is 2.39. The molecule has 0 radical (unpaired) electrons. The zero-order valence-corrected chi connectivity index (χ0v) is 17.2. The van der Waals surface area contributed by atoms with E-state index in [0.717, 1.165) is 70.1 Å². The third-order valence-electron chi connectivity index (χ3n) is 8.03. The number of carboxylic acid groups (broad SMARTS) is 1. The highest BCUT2D eigenvalue weighted by atomic mass is 16.4. The third-order valence-corrected chi connectivity index (χ3v) is 8.03. The van der Waals surface area contributed by atoms with Gasteiger partial charge in [-0.2, -0.15) is 0 Å². The summed E-state index contributed by atoms with van der Waals surface area (Å²) in [6.07, 6.45) is 11.6. The molecule has 2 amide bonds. The highest BCUT2D eigenvalue weighted by Gasteiger charge is 2.41. The van der Waals surface area contributed by atoms with Crippen molar-refractivity contribution >= 4 is 12.0 Å². The first-order valence-electron chi connectivity index (χ1n) is 11.6. The van der Waals surface area contributed by atoms with Gasteiger partial charge in [0.15, 0.2) is 0 Å². The van der Waals surface area contributed by atoms with E-state index < -0.39 is 5.97 Å². The van der Waals surface area contributed by atoms with Gasteiger partial charge < -0.3 is 20.2 Å². The Labute approximate surface area is 169 Å². The minimum atomic E-state index is -0.688. The number of hydrogen-bond acceptors (Lipinski definition) is 3. The molecule has 0 spiro atoms. The van der Waals surface area contributed by atoms with Gasteiger partial charge in [-0.15, -0.1) is 0 Å². The van der Waals surface area contributed by atoms with Crippen molar-refractivity contribution in [2.24, 2.45) is 17.8 Å². The molecule has 0 bridgehead atoms. The SMILES string of the molecule is O=C(O)CCC1CCC(N2CCN(C3CC[C@H]4CCNCC[C@@H]4C3)C2=O)CC1. The second-order valence-corrected chi connectivity index (χ2v) is 9.59. The van der Waals surface area contributed by atoms with E-state index in [1.165, 1.54) is 32.1 Å². The van der Waals surface area contributed by atoms with Gasteiger partial charge in [-0.05, 0) is 95.1 Å². The molecule has 4 rings (SSSR count). The number of amides is 2. The largest absolute Gasteiger partial charge is 0.481 e. The fourth-order valence-electron chi connectivity index (χ4n) is 6.34. The van der Waals surface area contributed by atoms with Gasteiger partial charge in [0.25, 0.3) is 0 Å². The predicted octanol–water partition coefficient (Wildman–Crippen LogP) is 3.32. The molecule has 0 aromatic rings. The molecular weight excluding hydrogens is 354 g/mol. The Morgan fingerprint density at radius 2 is 1.54 bits per heavy atom. The van der Waals surface area contributed by atoms with Crippen molar-refractivity contribution < 1.29 is 14.7 Å². The number of carboxylic acids is 1. The molecule has 28 heavy (non-hydrogen) atoms. The van der Waals surface area contributed by atoms with Gasteiger partial charge in [0, 0.05) is 31.6 Å². The van der Waals surface area contributed by atoms with E-state index in [-0.39, 0.29) is 12.5 Å². The fourth-order valence-corrected chi connectivity index (χ4v) is 6.34. The topological polar surface area (TPSA) is 72.9 Å². The number of carbonyl (C=O) groups is 2. The summed E-state index contributed by atoms with van der Waals surface area (Å²) in [4.78, 5) is 28.3. The number of aliphatic carboxylic acids is 1. The van der Waals surface area contributed by atoms with Crippen molar-refractivity contribution in [3.63, 3.8) is 0 Å². The van der Waals surface area contributed by atoms with Crippen LogP contribution in [0.1, 0.15) is 70.6 Å². The zero-order chi connectivity index (χ0) is 19.5. The standard InChI is InChI=1S/C22H37N3O3/c26-21(27)8-3-16-1-5-19(6-2-16)24-13-14-25(22(24)28)20-7-4-17-9-11-23-12-10-18(17)15-20/h16-20,23H,1-15H2,(H,26,27)/t16?,17-,18+,19?,20?/m0/s1. The molecule has 1 unspecified atom stereocenters. The number of fused-ring (bicyclic) bond motifs is 1. The van der Waals surface area contributed by atoms with Crippen LogP contribution in [0.3, 0.4) is 0 Å². The van der Waals surface area contributed by atoms with Crippen LogP contribution in [-0.2, 0) is 4.79 Å². The molecular formula is C22H37N3O3. The zero-order valence-electron chi connectivity index (χ0n) is 17.2. The Morgan fingerprint density at radius 3 is 2.25 bits per heavy atom. The summed E-state index contributed by atoms with van der Waals surface area (Å²) in [5.74, 6) is 1.49. The van der Waals surface area contributed by atoms with E-state index in [0.29, 0.717) is 18.0 Å². The average molecular weight is 392 g/mol. The van der Waals surface area contributed by atoms with Gasteiger partial charge in [-0.1, -0.05) is 0 Å². The lowest BCUT2D eigenvalue weighted by Crippen LogP contribution is -2.46. The molecule has 158 valence electrons. The summed E-state index contributed by atoms with van der Waals surface area (Å²) in [5.41, 5.74) is 0. The molecule has 2 heterocycles. The number of hydrogen-bond donors (Lipinski definition) is 2. The Kier molecular flexibility index (Phi) is 6.44. The molecule has 2 saturated carbocycles. The second-order valence-electron chi connectivity index (χ2n) is 9.59. The van der Waals surface area contributed by atoms with Gasteiger partial charge in [0.05, 0.1) is 0 Å². The quantitative estimate of drug-likeness (QED) is 0.754. The first-order chi connectivity index (χ1) is 13.6. The molecule has 2 aliphatic carbocycles. The third kappa shape index (κ3) is 4.47. The van der Waals surface area contributed by atoms with Gasteiger partial charge in [-0.3, -0.25) is 4.79 Å². The summed E-state index contributed by atoms with van der Waals surface area (Å²) in [5, 5.41) is 12.4. The van der Waals surface area contributed by atoms with E-state index in [1.54, 1.807) is 0 Å². The van der Waals surface area contributed by atoms with Crippen molar-refractivity contribution in [2.45, 2.75) is 82.7 Å². The van der Waals surface area contributed by atoms with Crippen molar-refractivity contribution in [1.82, 2.24) is 15.1 Å². The predicted molar refractivity (Wildman–Crippen MR) is 108 cm³/mol. The molecule has 0 aromatic carbocycles. The van der Waals surface area contributed by atoms with Crippen LogP contribution in [-0.4, -0.2) is 65.2 Å². The minimum absolute atomic E-state index is 0.282. The van der Waals surface area contributed by atoms with Gasteiger partial charge in [0.2, 0.25) is 0 Å². The van der Waals surface area contributed by atoms with Gasteiger partial charge in [-0.25, -0.2) is 4.79 Å². The minimum Gasteiger partial charge on any atom is -0.481 e. The lowest BCUT2D eigenvalue weighted by molar-refractivity contribution is -0.137. The Morgan fingerprint density at radius 1 is 0.893 bits per heavy atom. The van der Waals surface area contributed by atoms with Crippen LogP contribution in [0.5, 0.6) is 0 Å². The normalized spacial score (nSPS) is 36.9. The maximum absolute atomic E-state index is 13.2. The number of rotatable bonds is 5. The summed E-state index contributed by atoms with van der Waals surface area (Å²) >= 11 is 0. The molecule has 4 fully saturated rings. The molecule has 3 atom stereocenters. The van der Waals surface area contributed by atoms with Crippen LogP contribution in [0.15, 0.2) is 0 Å². The van der Waals surface area contributed by atoms with Crippen LogP contribution in [0.4, 0.5) is 4.79 Å². The van der Waals surface area contributed by atoms with Crippen LogP contribution >= 0.6 is 0 Å². The average Bonchev–Trinajstić information content (AvgIpc) is 2.93. The summed E-state index contributed by atoms with van der Waals surface area (Å²) in [7, 11) is 0. The molecule has 2 aliphatic heterocycles. The molecule has 2 N–H and O–H groups in total. The Bertz CT molecular complexity index is 561. The van der Waals surface area contributed by atoms with Crippen LogP contribution < -0.4 is 5.32 Å².